The van der Waals surface area contributed by atoms with Crippen LogP contribution < -0.4 is 15.4 Å². The summed E-state index contributed by atoms with van der Waals surface area (Å²) < 4.78 is 10.6. The van der Waals surface area contributed by atoms with Gasteiger partial charge in [-0.1, -0.05) is 18.2 Å². The summed E-state index contributed by atoms with van der Waals surface area (Å²) in [6.45, 7) is 3.34. The second-order valence-electron chi connectivity index (χ2n) is 5.70. The topological polar surface area (TPSA) is 93.7 Å². The highest BCUT2D eigenvalue weighted by Gasteiger charge is 2.16. The van der Waals surface area contributed by atoms with Gasteiger partial charge in [-0.05, 0) is 50.2 Å². The zero-order valence-corrected chi connectivity index (χ0v) is 15.2. The van der Waals surface area contributed by atoms with Crippen LogP contribution in [0.15, 0.2) is 54.6 Å². The van der Waals surface area contributed by atoms with Crippen molar-refractivity contribution in [2.24, 2.45) is 0 Å². The largest absolute Gasteiger partial charge is 0.457 e. The van der Waals surface area contributed by atoms with Crippen LogP contribution in [0.1, 0.15) is 24.2 Å². The molecule has 2 aromatic carbocycles. The second-order valence-corrected chi connectivity index (χ2v) is 5.70. The van der Waals surface area contributed by atoms with Gasteiger partial charge in [0.1, 0.15) is 17.5 Å². The molecule has 0 bridgehead atoms. The van der Waals surface area contributed by atoms with E-state index in [1.807, 2.05) is 30.3 Å². The Kier molecular flexibility index (Phi) is 7.37. The van der Waals surface area contributed by atoms with Gasteiger partial charge < -0.3 is 20.1 Å². The number of carbonyl (C=O) groups excluding carboxylic acids is 3. The Labute approximate surface area is 157 Å². The van der Waals surface area contributed by atoms with Gasteiger partial charge in [0, 0.05) is 6.54 Å². The van der Waals surface area contributed by atoms with Crippen LogP contribution in [0, 0.1) is 0 Å². The minimum absolute atomic E-state index is 0.292. The fourth-order valence-electron chi connectivity index (χ4n) is 2.17. The molecule has 0 aliphatic rings. The Morgan fingerprint density at radius 1 is 0.963 bits per heavy atom. The molecule has 0 unspecified atom stereocenters. The van der Waals surface area contributed by atoms with Crippen LogP contribution in [-0.2, 0) is 14.3 Å². The molecule has 0 fully saturated rings. The molecule has 0 spiro atoms. The van der Waals surface area contributed by atoms with Crippen molar-refractivity contribution in [2.45, 2.75) is 19.9 Å². The van der Waals surface area contributed by atoms with Crippen LogP contribution in [0.5, 0.6) is 11.5 Å². The zero-order valence-electron chi connectivity index (χ0n) is 15.2. The third-order valence-electron chi connectivity index (χ3n) is 3.53. The van der Waals surface area contributed by atoms with Crippen LogP contribution in [0.3, 0.4) is 0 Å². The van der Waals surface area contributed by atoms with E-state index >= 15 is 0 Å². The molecule has 2 rings (SSSR count). The lowest BCUT2D eigenvalue weighted by Crippen LogP contribution is -2.46. The van der Waals surface area contributed by atoms with Crippen molar-refractivity contribution in [2.75, 3.05) is 13.2 Å². The van der Waals surface area contributed by atoms with Crippen molar-refractivity contribution in [1.29, 1.82) is 0 Å². The molecule has 0 radical (unpaired) electrons. The van der Waals surface area contributed by atoms with Crippen molar-refractivity contribution >= 4 is 17.8 Å². The van der Waals surface area contributed by atoms with Crippen LogP contribution in [0.25, 0.3) is 0 Å². The first-order valence-electron chi connectivity index (χ1n) is 8.56. The highest BCUT2D eigenvalue weighted by molar-refractivity contribution is 5.92. The van der Waals surface area contributed by atoms with E-state index in [0.29, 0.717) is 23.6 Å². The number of para-hydroxylation sites is 1. The Morgan fingerprint density at radius 2 is 1.59 bits per heavy atom. The van der Waals surface area contributed by atoms with E-state index in [-0.39, 0.29) is 5.91 Å². The van der Waals surface area contributed by atoms with Crippen LogP contribution in [0.4, 0.5) is 0 Å². The maximum Gasteiger partial charge on any atom is 0.338 e. The number of hydrogen-bond acceptors (Lipinski definition) is 5. The van der Waals surface area contributed by atoms with Gasteiger partial charge in [-0.2, -0.15) is 0 Å². The number of carbonyl (C=O) groups is 3. The van der Waals surface area contributed by atoms with Gasteiger partial charge >= 0.3 is 5.97 Å². The molecule has 7 heteroatoms. The first kappa shape index (κ1) is 20.0. The van der Waals surface area contributed by atoms with Gasteiger partial charge in [0.05, 0.1) is 5.56 Å². The van der Waals surface area contributed by atoms with E-state index in [9.17, 15) is 14.4 Å². The van der Waals surface area contributed by atoms with Crippen molar-refractivity contribution in [1.82, 2.24) is 10.6 Å². The summed E-state index contributed by atoms with van der Waals surface area (Å²) in [7, 11) is 0. The monoisotopic (exact) mass is 370 g/mol. The number of benzene rings is 2. The Balaban J connectivity index is 1.82. The SMILES string of the molecule is CCNC(=O)[C@H](C)NC(=O)COC(=O)c1ccc(Oc2ccccc2)cc1. The van der Waals surface area contributed by atoms with Crippen molar-refractivity contribution in [3.8, 4) is 11.5 Å². The quantitative estimate of drug-likeness (QED) is 0.696. The third-order valence-corrected chi connectivity index (χ3v) is 3.53. The lowest BCUT2D eigenvalue weighted by Gasteiger charge is -2.13. The smallest absolute Gasteiger partial charge is 0.338 e. The van der Waals surface area contributed by atoms with Crippen LogP contribution in [-0.4, -0.2) is 37.0 Å². The van der Waals surface area contributed by atoms with Crippen LogP contribution in [0.2, 0.25) is 0 Å². The molecule has 2 amide bonds. The Hall–Kier alpha value is -3.35. The van der Waals surface area contributed by atoms with Gasteiger partial charge in [-0.3, -0.25) is 9.59 Å². The lowest BCUT2D eigenvalue weighted by molar-refractivity contribution is -0.130. The van der Waals surface area contributed by atoms with E-state index in [1.54, 1.807) is 38.1 Å². The molecular weight excluding hydrogens is 348 g/mol. The summed E-state index contributed by atoms with van der Waals surface area (Å²) in [4.78, 5) is 35.3. The summed E-state index contributed by atoms with van der Waals surface area (Å²) in [6.07, 6.45) is 0. The zero-order chi connectivity index (χ0) is 19.6. The number of esters is 1. The molecule has 7 nitrogen and oxygen atoms in total. The average Bonchev–Trinajstić information content (AvgIpc) is 2.67. The molecule has 0 aliphatic heterocycles. The molecule has 27 heavy (non-hydrogen) atoms. The molecule has 0 saturated heterocycles. The number of rotatable bonds is 8. The standard InChI is InChI=1S/C20H22N2O5/c1-3-21-19(24)14(2)22-18(23)13-26-20(25)15-9-11-17(12-10-15)27-16-7-5-4-6-8-16/h4-12,14H,3,13H2,1-2H3,(H,21,24)(H,22,23)/t14-/m0/s1. The maximum absolute atomic E-state index is 12.0. The minimum atomic E-state index is -0.703. The van der Waals surface area contributed by atoms with Gasteiger partial charge in [-0.25, -0.2) is 4.79 Å². The first-order chi connectivity index (χ1) is 13.0. The molecule has 0 heterocycles. The van der Waals surface area contributed by atoms with Gasteiger partial charge in [0.2, 0.25) is 5.91 Å². The Morgan fingerprint density at radius 3 is 2.22 bits per heavy atom. The number of likely N-dealkylation sites (N-methyl/N-ethyl adjacent to an activating group) is 1. The minimum Gasteiger partial charge on any atom is -0.457 e. The number of ether oxygens (including phenoxy) is 2. The van der Waals surface area contributed by atoms with Gasteiger partial charge in [0.15, 0.2) is 6.61 Å². The lowest BCUT2D eigenvalue weighted by atomic mass is 10.2. The van der Waals surface area contributed by atoms with Gasteiger partial charge in [-0.15, -0.1) is 0 Å². The van der Waals surface area contributed by atoms with Crippen molar-refractivity contribution in [3.05, 3.63) is 60.2 Å². The molecule has 142 valence electrons. The molecule has 0 aliphatic carbocycles. The van der Waals surface area contributed by atoms with E-state index < -0.39 is 24.5 Å². The fourth-order valence-corrected chi connectivity index (χ4v) is 2.17. The summed E-state index contributed by atoms with van der Waals surface area (Å²) in [5, 5.41) is 5.05. The molecule has 0 saturated carbocycles. The second kappa shape index (κ2) is 9.96. The molecule has 2 N–H and O–H groups in total. The summed E-state index contributed by atoms with van der Waals surface area (Å²) in [6, 6.07) is 14.9. The fraction of sp³-hybridized carbons (Fsp3) is 0.250. The van der Waals surface area contributed by atoms with Crippen molar-refractivity contribution < 1.29 is 23.9 Å². The summed E-state index contributed by atoms with van der Waals surface area (Å²) in [5.41, 5.74) is 0.292. The Bertz CT molecular complexity index is 775. The number of amides is 2. The van der Waals surface area contributed by atoms with Crippen molar-refractivity contribution in [3.63, 3.8) is 0 Å². The molecule has 1 atom stereocenters. The van der Waals surface area contributed by atoms with Gasteiger partial charge in [0.25, 0.3) is 5.91 Å². The average molecular weight is 370 g/mol. The molecule has 0 aromatic heterocycles. The highest BCUT2D eigenvalue weighted by Crippen LogP contribution is 2.21. The van der Waals surface area contributed by atoms with Crippen LogP contribution >= 0.6 is 0 Å². The number of hydrogen-bond donors (Lipinski definition) is 2. The molecule has 2 aromatic rings. The van der Waals surface area contributed by atoms with E-state index in [1.165, 1.54) is 0 Å². The van der Waals surface area contributed by atoms with E-state index in [2.05, 4.69) is 10.6 Å². The number of nitrogens with one attached hydrogen (secondary N) is 2. The predicted octanol–water partition coefficient (Wildman–Crippen LogP) is 2.28. The normalized spacial score (nSPS) is 11.2. The maximum atomic E-state index is 12.0. The molecular formula is C20H22N2O5. The highest BCUT2D eigenvalue weighted by atomic mass is 16.5. The summed E-state index contributed by atoms with van der Waals surface area (Å²) >= 11 is 0. The summed E-state index contributed by atoms with van der Waals surface area (Å²) in [5.74, 6) is -0.226. The van der Waals surface area contributed by atoms with E-state index in [0.717, 1.165) is 0 Å². The predicted molar refractivity (Wildman–Crippen MR) is 99.5 cm³/mol. The van der Waals surface area contributed by atoms with E-state index in [4.69, 9.17) is 9.47 Å². The first-order valence-corrected chi connectivity index (χ1v) is 8.56. The third kappa shape index (κ3) is 6.47.